The molecule has 0 N–H and O–H groups in total. The van der Waals surface area contributed by atoms with Crippen LogP contribution in [0.15, 0.2) is 58.8 Å². The Balaban J connectivity index is 2.29. The zero-order chi connectivity index (χ0) is 11.4. The van der Waals surface area contributed by atoms with Crippen molar-refractivity contribution in [1.82, 2.24) is 0 Å². The van der Waals surface area contributed by atoms with Gasteiger partial charge in [0.2, 0.25) is 0 Å². The number of nitrogens with zero attached hydrogens (tertiary/aromatic N) is 2. The molecule has 16 heavy (non-hydrogen) atoms. The SMILES string of the molecule is Fc1ccccc1/N=N/c1ccccc1F. The molecule has 0 amide bonds. The zero-order valence-corrected chi connectivity index (χ0v) is 8.27. The first-order chi connectivity index (χ1) is 7.77. The van der Waals surface area contributed by atoms with Gasteiger partial charge >= 0.3 is 0 Å². The maximum atomic E-state index is 13.1. The van der Waals surface area contributed by atoms with Crippen LogP contribution in [0.3, 0.4) is 0 Å². The Morgan fingerprint density at radius 1 is 0.625 bits per heavy atom. The molecule has 0 atom stereocenters. The van der Waals surface area contributed by atoms with Crippen LogP contribution in [0, 0.1) is 11.6 Å². The van der Waals surface area contributed by atoms with E-state index in [9.17, 15) is 8.78 Å². The van der Waals surface area contributed by atoms with Gasteiger partial charge in [0.05, 0.1) is 0 Å². The Morgan fingerprint density at radius 3 is 1.38 bits per heavy atom. The van der Waals surface area contributed by atoms with Crippen LogP contribution in [0.2, 0.25) is 0 Å². The van der Waals surface area contributed by atoms with E-state index >= 15 is 0 Å². The molecule has 0 aromatic heterocycles. The van der Waals surface area contributed by atoms with Crippen LogP contribution >= 0.6 is 0 Å². The van der Waals surface area contributed by atoms with Gasteiger partial charge < -0.3 is 0 Å². The summed E-state index contributed by atoms with van der Waals surface area (Å²) in [6.45, 7) is 0. The summed E-state index contributed by atoms with van der Waals surface area (Å²) < 4.78 is 26.3. The second-order valence-electron chi connectivity index (χ2n) is 3.10. The summed E-state index contributed by atoms with van der Waals surface area (Å²) in [5.74, 6) is -0.967. The number of hydrogen-bond donors (Lipinski definition) is 0. The van der Waals surface area contributed by atoms with Crippen LogP contribution in [-0.4, -0.2) is 0 Å². The van der Waals surface area contributed by atoms with Crippen molar-refractivity contribution < 1.29 is 8.78 Å². The molecule has 4 heteroatoms. The largest absolute Gasteiger partial charge is 0.205 e. The Morgan fingerprint density at radius 2 is 1.00 bits per heavy atom. The fourth-order valence-corrected chi connectivity index (χ4v) is 1.17. The van der Waals surface area contributed by atoms with E-state index in [0.717, 1.165) is 0 Å². The molecule has 80 valence electrons. The summed E-state index contributed by atoms with van der Waals surface area (Å²) in [6.07, 6.45) is 0. The number of rotatable bonds is 2. The molecular formula is C12H8F2N2. The predicted molar refractivity (Wildman–Crippen MR) is 57.0 cm³/mol. The van der Waals surface area contributed by atoms with Crippen LogP contribution in [0.1, 0.15) is 0 Å². The molecule has 0 spiro atoms. The van der Waals surface area contributed by atoms with Crippen molar-refractivity contribution in [2.24, 2.45) is 10.2 Å². The Bertz CT molecular complexity index is 476. The van der Waals surface area contributed by atoms with E-state index in [2.05, 4.69) is 10.2 Å². The van der Waals surface area contributed by atoms with Crippen LogP contribution in [0.4, 0.5) is 20.2 Å². The van der Waals surface area contributed by atoms with Gasteiger partial charge in [-0.15, -0.1) is 10.2 Å². The van der Waals surface area contributed by atoms with E-state index in [1.807, 2.05) is 0 Å². The second kappa shape index (κ2) is 4.61. The summed E-state index contributed by atoms with van der Waals surface area (Å²) in [7, 11) is 0. The van der Waals surface area contributed by atoms with Gasteiger partial charge in [-0.2, -0.15) is 0 Å². The van der Waals surface area contributed by atoms with Gasteiger partial charge in [-0.1, -0.05) is 24.3 Å². The minimum atomic E-state index is -0.484. The highest BCUT2D eigenvalue weighted by molar-refractivity contribution is 5.41. The lowest BCUT2D eigenvalue weighted by Crippen LogP contribution is -1.74. The molecule has 2 aromatic rings. The number of halogens is 2. The normalized spacial score (nSPS) is 10.9. The van der Waals surface area contributed by atoms with Gasteiger partial charge in [-0.05, 0) is 24.3 Å². The summed E-state index contributed by atoms with van der Waals surface area (Å²) in [6, 6.07) is 11.9. The molecule has 0 unspecified atom stereocenters. The summed E-state index contributed by atoms with van der Waals surface area (Å²) in [5, 5.41) is 7.29. The zero-order valence-electron chi connectivity index (χ0n) is 8.27. The topological polar surface area (TPSA) is 24.7 Å². The van der Waals surface area contributed by atoms with E-state index in [0.29, 0.717) is 0 Å². The lowest BCUT2D eigenvalue weighted by molar-refractivity contribution is 0.623. The first-order valence-electron chi connectivity index (χ1n) is 4.68. The molecule has 0 saturated heterocycles. The highest BCUT2D eigenvalue weighted by Crippen LogP contribution is 2.22. The second-order valence-corrected chi connectivity index (χ2v) is 3.10. The van der Waals surface area contributed by atoms with Crippen molar-refractivity contribution in [2.45, 2.75) is 0 Å². The highest BCUT2D eigenvalue weighted by Gasteiger charge is 2.00. The Labute approximate surface area is 91.3 Å². The number of hydrogen-bond acceptors (Lipinski definition) is 2. The molecule has 2 rings (SSSR count). The van der Waals surface area contributed by atoms with E-state index in [1.54, 1.807) is 24.3 Å². The van der Waals surface area contributed by atoms with Crippen molar-refractivity contribution >= 4 is 11.4 Å². The molecular weight excluding hydrogens is 210 g/mol. The molecule has 0 bridgehead atoms. The van der Waals surface area contributed by atoms with E-state index < -0.39 is 11.6 Å². The molecule has 0 aliphatic heterocycles. The van der Waals surface area contributed by atoms with E-state index in [1.165, 1.54) is 24.3 Å². The van der Waals surface area contributed by atoms with Gasteiger partial charge in [-0.25, -0.2) is 8.78 Å². The molecule has 2 aromatic carbocycles. The lowest BCUT2D eigenvalue weighted by atomic mass is 10.3. The molecule has 0 aliphatic rings. The maximum Gasteiger partial charge on any atom is 0.150 e. The predicted octanol–water partition coefficient (Wildman–Crippen LogP) is 4.38. The third-order valence-electron chi connectivity index (χ3n) is 1.97. The quantitative estimate of drug-likeness (QED) is 0.668. The van der Waals surface area contributed by atoms with Crippen molar-refractivity contribution in [2.75, 3.05) is 0 Å². The van der Waals surface area contributed by atoms with Gasteiger partial charge in [0, 0.05) is 0 Å². The average Bonchev–Trinajstić information content (AvgIpc) is 2.30. The maximum absolute atomic E-state index is 13.1. The smallest absolute Gasteiger partial charge is 0.150 e. The van der Waals surface area contributed by atoms with Crippen molar-refractivity contribution in [3.8, 4) is 0 Å². The minimum Gasteiger partial charge on any atom is -0.205 e. The molecule has 0 fully saturated rings. The summed E-state index contributed by atoms with van der Waals surface area (Å²) >= 11 is 0. The molecule has 2 nitrogen and oxygen atoms in total. The molecule has 0 saturated carbocycles. The monoisotopic (exact) mass is 218 g/mol. The van der Waals surface area contributed by atoms with E-state index in [-0.39, 0.29) is 11.4 Å². The van der Waals surface area contributed by atoms with Crippen LogP contribution in [0.25, 0.3) is 0 Å². The van der Waals surface area contributed by atoms with Crippen molar-refractivity contribution in [3.63, 3.8) is 0 Å². The standard InChI is InChI=1S/C12H8F2N2/c13-9-5-1-3-7-11(9)15-16-12-8-4-2-6-10(12)14/h1-8H/b16-15+. The van der Waals surface area contributed by atoms with Gasteiger partial charge in [0.15, 0.2) is 11.6 Å². The Hall–Kier alpha value is -2.10. The van der Waals surface area contributed by atoms with E-state index in [4.69, 9.17) is 0 Å². The van der Waals surface area contributed by atoms with Gasteiger partial charge in [0.25, 0.3) is 0 Å². The number of benzene rings is 2. The van der Waals surface area contributed by atoms with Crippen LogP contribution < -0.4 is 0 Å². The lowest BCUT2D eigenvalue weighted by Gasteiger charge is -1.95. The first-order valence-corrected chi connectivity index (χ1v) is 4.68. The van der Waals surface area contributed by atoms with Crippen molar-refractivity contribution in [3.05, 3.63) is 60.2 Å². The first kappa shape index (κ1) is 10.4. The van der Waals surface area contributed by atoms with Gasteiger partial charge in [0.1, 0.15) is 11.4 Å². The average molecular weight is 218 g/mol. The van der Waals surface area contributed by atoms with Gasteiger partial charge in [-0.3, -0.25) is 0 Å². The van der Waals surface area contributed by atoms with Crippen LogP contribution in [-0.2, 0) is 0 Å². The third-order valence-corrected chi connectivity index (χ3v) is 1.97. The fourth-order valence-electron chi connectivity index (χ4n) is 1.17. The Kier molecular flexibility index (Phi) is 3.00. The molecule has 0 radical (unpaired) electrons. The number of azo groups is 1. The molecule has 0 aliphatic carbocycles. The summed E-state index contributed by atoms with van der Waals surface area (Å²) in [5.41, 5.74) is 0.177. The highest BCUT2D eigenvalue weighted by atomic mass is 19.1. The third kappa shape index (κ3) is 2.28. The van der Waals surface area contributed by atoms with Crippen molar-refractivity contribution in [1.29, 1.82) is 0 Å². The fraction of sp³-hybridized carbons (Fsp3) is 0. The minimum absolute atomic E-state index is 0.0887. The van der Waals surface area contributed by atoms with Crippen LogP contribution in [0.5, 0.6) is 0 Å². The summed E-state index contributed by atoms with van der Waals surface area (Å²) in [4.78, 5) is 0. The molecule has 0 heterocycles.